The van der Waals surface area contributed by atoms with Gasteiger partial charge in [0.1, 0.15) is 11.9 Å². The van der Waals surface area contributed by atoms with Crippen molar-refractivity contribution in [3.8, 4) is 28.7 Å². The summed E-state index contributed by atoms with van der Waals surface area (Å²) in [5.74, 6) is -0.120. The zero-order valence-corrected chi connectivity index (χ0v) is 20.9. The summed E-state index contributed by atoms with van der Waals surface area (Å²) in [5, 5.41) is 10.7. The number of Topliss-reactive ketones (excluding diaryl/α,β-unsaturated/α-hetero) is 1. The van der Waals surface area contributed by atoms with E-state index in [-0.39, 0.29) is 29.0 Å². The third kappa shape index (κ3) is 3.57. The fraction of sp³-hybridized carbons (Fsp3) is 0.258. The SMILES string of the molecule is Cc1cc(-c2nc(-c3ccc(F)cc3)c3c(n2)[C@]2(C)C=C(C#N)C(=O)[C@H](C)[C@H]2CC3)c2ccccc2n1. The van der Waals surface area contributed by atoms with Gasteiger partial charge in [-0.25, -0.2) is 14.4 Å². The molecule has 6 heteroatoms. The number of ketones is 1. The highest BCUT2D eigenvalue weighted by atomic mass is 19.1. The van der Waals surface area contributed by atoms with Gasteiger partial charge >= 0.3 is 0 Å². The molecule has 2 aliphatic carbocycles. The van der Waals surface area contributed by atoms with Gasteiger partial charge in [0.2, 0.25) is 0 Å². The first-order chi connectivity index (χ1) is 17.8. The van der Waals surface area contributed by atoms with Crippen LogP contribution in [-0.4, -0.2) is 20.7 Å². The van der Waals surface area contributed by atoms with Crippen LogP contribution < -0.4 is 0 Å². The van der Waals surface area contributed by atoms with Crippen LogP contribution in [-0.2, 0) is 16.6 Å². The molecular formula is C31H25FN4O. The van der Waals surface area contributed by atoms with Crippen molar-refractivity contribution in [1.82, 2.24) is 15.0 Å². The van der Waals surface area contributed by atoms with Crippen LogP contribution in [0.3, 0.4) is 0 Å². The van der Waals surface area contributed by atoms with Crippen LogP contribution in [0.2, 0.25) is 0 Å². The third-order valence-electron chi connectivity index (χ3n) is 8.04. The van der Waals surface area contributed by atoms with E-state index in [0.29, 0.717) is 12.2 Å². The second-order valence-electron chi connectivity index (χ2n) is 10.3. The highest BCUT2D eigenvalue weighted by molar-refractivity contribution is 6.02. The molecule has 0 N–H and O–H groups in total. The monoisotopic (exact) mass is 488 g/mol. The number of allylic oxidation sites excluding steroid dienone is 2. The average Bonchev–Trinajstić information content (AvgIpc) is 2.90. The van der Waals surface area contributed by atoms with E-state index in [2.05, 4.69) is 18.0 Å². The molecule has 0 amide bonds. The molecule has 37 heavy (non-hydrogen) atoms. The quantitative estimate of drug-likeness (QED) is 0.331. The van der Waals surface area contributed by atoms with Crippen LogP contribution >= 0.6 is 0 Å². The standard InChI is InChI=1S/C31H25FN4O/c1-17-14-24(22-6-4-5-7-26(22)34-17)30-35-27(19-8-10-21(32)11-9-19)23-12-13-25-18(2)28(37)20(16-33)15-31(25,3)29(23)36-30/h4-11,14-15,18,25H,12-13H2,1-3H3/t18-,25-,31-/m1/s1. The number of carbonyl (C=O) groups excluding carboxylic acids is 1. The van der Waals surface area contributed by atoms with Gasteiger partial charge in [-0.15, -0.1) is 0 Å². The van der Waals surface area contributed by atoms with Gasteiger partial charge in [0.15, 0.2) is 11.6 Å². The Kier molecular flexibility index (Phi) is 5.27. The van der Waals surface area contributed by atoms with Crippen LogP contribution in [0.4, 0.5) is 4.39 Å². The summed E-state index contributed by atoms with van der Waals surface area (Å²) in [6.45, 7) is 5.95. The Labute approximate surface area is 214 Å². The van der Waals surface area contributed by atoms with Gasteiger partial charge in [-0.3, -0.25) is 9.78 Å². The molecule has 0 radical (unpaired) electrons. The molecule has 5 nitrogen and oxygen atoms in total. The van der Waals surface area contributed by atoms with Crippen LogP contribution in [0.15, 0.2) is 66.2 Å². The molecule has 0 unspecified atom stereocenters. The number of aromatic nitrogens is 3. The van der Waals surface area contributed by atoms with Crippen molar-refractivity contribution in [3.63, 3.8) is 0 Å². The van der Waals surface area contributed by atoms with Crippen molar-refractivity contribution in [1.29, 1.82) is 5.26 Å². The van der Waals surface area contributed by atoms with Gasteiger partial charge in [-0.2, -0.15) is 5.26 Å². The maximum Gasteiger partial charge on any atom is 0.176 e. The van der Waals surface area contributed by atoms with E-state index < -0.39 is 5.41 Å². The lowest BCUT2D eigenvalue weighted by Gasteiger charge is -2.45. The fourth-order valence-corrected chi connectivity index (χ4v) is 6.23. The predicted molar refractivity (Wildman–Crippen MR) is 140 cm³/mol. The zero-order valence-electron chi connectivity index (χ0n) is 20.9. The molecule has 0 bridgehead atoms. The Morgan fingerprint density at radius 3 is 2.59 bits per heavy atom. The lowest BCUT2D eigenvalue weighted by Crippen LogP contribution is -2.46. The van der Waals surface area contributed by atoms with Crippen molar-refractivity contribution in [2.45, 2.75) is 39.0 Å². The Morgan fingerprint density at radius 1 is 1.08 bits per heavy atom. The summed E-state index contributed by atoms with van der Waals surface area (Å²) in [7, 11) is 0. The van der Waals surface area contributed by atoms with E-state index in [1.54, 1.807) is 12.1 Å². The molecule has 2 aliphatic rings. The predicted octanol–water partition coefficient (Wildman–Crippen LogP) is 6.30. The molecule has 3 atom stereocenters. The smallest absolute Gasteiger partial charge is 0.176 e. The van der Waals surface area contributed by atoms with Crippen molar-refractivity contribution >= 4 is 16.7 Å². The van der Waals surface area contributed by atoms with Gasteiger partial charge in [0.25, 0.3) is 0 Å². The summed E-state index contributed by atoms with van der Waals surface area (Å²) >= 11 is 0. The molecule has 0 fully saturated rings. The minimum Gasteiger partial charge on any atom is -0.293 e. The van der Waals surface area contributed by atoms with Crippen LogP contribution in [0.25, 0.3) is 33.5 Å². The second kappa shape index (κ2) is 8.41. The Bertz CT molecular complexity index is 1670. The maximum atomic E-state index is 13.8. The van der Waals surface area contributed by atoms with E-state index >= 15 is 0 Å². The molecule has 2 aromatic carbocycles. The van der Waals surface area contributed by atoms with Gasteiger partial charge in [0, 0.05) is 39.1 Å². The number of carbonyl (C=O) groups is 1. The number of aryl methyl sites for hydroxylation is 1. The highest BCUT2D eigenvalue weighted by Gasteiger charge is 2.49. The molecule has 2 heterocycles. The van der Waals surface area contributed by atoms with Crippen molar-refractivity contribution in [2.75, 3.05) is 0 Å². The largest absolute Gasteiger partial charge is 0.293 e. The van der Waals surface area contributed by atoms with Crippen LogP contribution in [0.5, 0.6) is 0 Å². The van der Waals surface area contributed by atoms with Gasteiger partial charge in [0.05, 0.1) is 22.5 Å². The summed E-state index contributed by atoms with van der Waals surface area (Å²) in [6, 6.07) is 18.4. The minimum absolute atomic E-state index is 0.0179. The van der Waals surface area contributed by atoms with Gasteiger partial charge < -0.3 is 0 Å². The van der Waals surface area contributed by atoms with E-state index in [9.17, 15) is 14.4 Å². The third-order valence-corrected chi connectivity index (χ3v) is 8.04. The zero-order chi connectivity index (χ0) is 25.9. The number of halogens is 1. The molecule has 2 aromatic heterocycles. The first-order valence-corrected chi connectivity index (χ1v) is 12.5. The lowest BCUT2D eigenvalue weighted by molar-refractivity contribution is -0.121. The van der Waals surface area contributed by atoms with Crippen LogP contribution in [0.1, 0.15) is 37.2 Å². The summed E-state index contributed by atoms with van der Waals surface area (Å²) < 4.78 is 13.8. The van der Waals surface area contributed by atoms with Crippen molar-refractivity contribution in [2.24, 2.45) is 11.8 Å². The molecule has 0 spiro atoms. The molecule has 0 saturated carbocycles. The molecule has 6 rings (SSSR count). The number of benzene rings is 2. The maximum absolute atomic E-state index is 13.8. The molecule has 182 valence electrons. The number of fused-ring (bicyclic) bond motifs is 4. The van der Waals surface area contributed by atoms with E-state index in [1.165, 1.54) is 12.1 Å². The molecule has 4 aromatic rings. The number of nitrogens with zero attached hydrogens (tertiary/aromatic N) is 4. The first-order valence-electron chi connectivity index (χ1n) is 12.5. The number of para-hydroxylation sites is 1. The van der Waals surface area contributed by atoms with Gasteiger partial charge in [-0.1, -0.05) is 38.1 Å². The average molecular weight is 489 g/mol. The molecule has 0 aliphatic heterocycles. The molecular weight excluding hydrogens is 463 g/mol. The number of hydrogen-bond donors (Lipinski definition) is 0. The van der Waals surface area contributed by atoms with E-state index in [0.717, 1.165) is 51.1 Å². The normalized spacial score (nSPS) is 22.7. The van der Waals surface area contributed by atoms with Crippen LogP contribution in [0, 0.1) is 35.9 Å². The van der Waals surface area contributed by atoms with E-state index in [4.69, 9.17) is 9.97 Å². The fourth-order valence-electron chi connectivity index (χ4n) is 6.23. The first kappa shape index (κ1) is 23.2. The Hall–Kier alpha value is -4.24. The second-order valence-corrected chi connectivity index (χ2v) is 10.3. The number of hydrogen-bond acceptors (Lipinski definition) is 5. The van der Waals surface area contributed by atoms with Crippen molar-refractivity contribution in [3.05, 3.63) is 89.0 Å². The number of rotatable bonds is 2. The highest BCUT2D eigenvalue weighted by Crippen LogP contribution is 2.51. The topological polar surface area (TPSA) is 79.5 Å². The summed E-state index contributed by atoms with van der Waals surface area (Å²) in [4.78, 5) is 27.8. The molecule has 0 saturated heterocycles. The number of nitriles is 1. The number of pyridine rings is 1. The Balaban J connectivity index is 1.69. The van der Waals surface area contributed by atoms with Gasteiger partial charge in [-0.05, 0) is 62.1 Å². The summed E-state index contributed by atoms with van der Waals surface area (Å²) in [5.41, 5.74) is 5.53. The minimum atomic E-state index is -0.615. The van der Waals surface area contributed by atoms with E-state index in [1.807, 2.05) is 50.3 Å². The van der Waals surface area contributed by atoms with Crippen molar-refractivity contribution < 1.29 is 9.18 Å². The Morgan fingerprint density at radius 2 is 1.84 bits per heavy atom. The summed E-state index contributed by atoms with van der Waals surface area (Å²) in [6.07, 6.45) is 3.30. The lowest BCUT2D eigenvalue weighted by atomic mass is 9.57.